The van der Waals surface area contributed by atoms with Crippen molar-refractivity contribution in [2.75, 3.05) is 6.61 Å². The molecule has 0 spiro atoms. The summed E-state index contributed by atoms with van der Waals surface area (Å²) in [5.74, 6) is -1.15. The Labute approximate surface area is 99.1 Å². The molecule has 1 rings (SSSR count). The molecule has 0 aliphatic rings. The molecule has 5 heteroatoms. The molecule has 3 nitrogen and oxygen atoms in total. The molecule has 0 heterocycles. The van der Waals surface area contributed by atoms with E-state index in [0.29, 0.717) is 6.42 Å². The van der Waals surface area contributed by atoms with Crippen LogP contribution in [0.3, 0.4) is 0 Å². The van der Waals surface area contributed by atoms with Crippen molar-refractivity contribution in [3.63, 3.8) is 0 Å². The summed E-state index contributed by atoms with van der Waals surface area (Å²) in [6.45, 7) is 3.87. The maximum absolute atomic E-state index is 12.8. The van der Waals surface area contributed by atoms with Crippen molar-refractivity contribution in [2.24, 2.45) is 11.1 Å². The molecule has 0 atom stereocenters. The fourth-order valence-corrected chi connectivity index (χ4v) is 1.17. The fourth-order valence-electron chi connectivity index (χ4n) is 1.17. The second-order valence-electron chi connectivity index (χ2n) is 4.50. The van der Waals surface area contributed by atoms with Gasteiger partial charge in [0, 0.05) is 23.6 Å². The Bertz CT molecular complexity index is 399. The molecule has 0 aliphatic heterocycles. The second kappa shape index (κ2) is 5.12. The molecule has 0 aromatic heterocycles. The third-order valence-electron chi connectivity index (χ3n) is 2.56. The van der Waals surface area contributed by atoms with Crippen molar-refractivity contribution in [1.82, 2.24) is 0 Å². The maximum Gasteiger partial charge on any atom is 0.129 e. The number of benzene rings is 1. The highest BCUT2D eigenvalue weighted by molar-refractivity contribution is 5.82. The van der Waals surface area contributed by atoms with Crippen molar-refractivity contribution >= 4 is 5.84 Å². The van der Waals surface area contributed by atoms with Crippen molar-refractivity contribution in [2.45, 2.75) is 20.3 Å². The van der Waals surface area contributed by atoms with E-state index in [1.807, 2.05) is 13.8 Å². The Kier molecular flexibility index (Phi) is 4.04. The van der Waals surface area contributed by atoms with Gasteiger partial charge in [-0.15, -0.1) is 0 Å². The van der Waals surface area contributed by atoms with E-state index in [2.05, 4.69) is 0 Å². The van der Waals surface area contributed by atoms with Gasteiger partial charge >= 0.3 is 0 Å². The Balaban J connectivity index is 2.54. The number of hydrogen-bond donors (Lipinski definition) is 2. The number of ether oxygens (including phenoxy) is 1. The van der Waals surface area contributed by atoms with Gasteiger partial charge in [-0.3, -0.25) is 5.41 Å². The molecule has 0 radical (unpaired) electrons. The Morgan fingerprint density at radius 3 is 2.29 bits per heavy atom. The molecule has 1 aromatic rings. The Hall–Kier alpha value is -1.65. The lowest BCUT2D eigenvalue weighted by Gasteiger charge is -2.22. The number of rotatable bonds is 5. The summed E-state index contributed by atoms with van der Waals surface area (Å²) in [4.78, 5) is 0. The van der Waals surface area contributed by atoms with Gasteiger partial charge in [-0.05, 0) is 6.42 Å². The van der Waals surface area contributed by atoms with E-state index in [0.717, 1.165) is 18.2 Å². The van der Waals surface area contributed by atoms with Crippen LogP contribution in [0.1, 0.15) is 20.3 Å². The molecule has 0 fully saturated rings. The number of halogens is 2. The summed E-state index contributed by atoms with van der Waals surface area (Å²) in [7, 11) is 0. The monoisotopic (exact) mass is 242 g/mol. The van der Waals surface area contributed by atoms with Crippen molar-refractivity contribution < 1.29 is 13.5 Å². The largest absolute Gasteiger partial charge is 0.493 e. The number of nitrogens with one attached hydrogen (secondary N) is 1. The summed E-state index contributed by atoms with van der Waals surface area (Å²) in [6, 6.07) is 3.01. The highest BCUT2D eigenvalue weighted by atomic mass is 19.1. The summed E-state index contributed by atoms with van der Waals surface area (Å²) in [6.07, 6.45) is 0.500. The minimum atomic E-state index is -0.675. The van der Waals surface area contributed by atoms with Gasteiger partial charge in [-0.1, -0.05) is 13.8 Å². The molecular weight excluding hydrogens is 226 g/mol. The maximum atomic E-state index is 12.8. The first-order chi connectivity index (χ1) is 7.81. The second-order valence-corrected chi connectivity index (χ2v) is 4.50. The van der Waals surface area contributed by atoms with E-state index in [-0.39, 0.29) is 18.2 Å². The number of hydrogen-bond acceptors (Lipinski definition) is 2. The highest BCUT2D eigenvalue weighted by Gasteiger charge is 2.21. The Morgan fingerprint density at radius 2 is 1.82 bits per heavy atom. The molecular formula is C12H16F2N2O. The van der Waals surface area contributed by atoms with Gasteiger partial charge < -0.3 is 10.5 Å². The molecule has 0 amide bonds. The third kappa shape index (κ3) is 4.01. The minimum absolute atomic E-state index is 0.0616. The SMILES string of the molecule is CC(C)(CCOc1cc(F)cc(F)c1)C(=N)N. The van der Waals surface area contributed by atoms with Crippen LogP contribution in [0.5, 0.6) is 5.75 Å². The van der Waals surface area contributed by atoms with Crippen LogP contribution < -0.4 is 10.5 Å². The van der Waals surface area contributed by atoms with Crippen molar-refractivity contribution in [1.29, 1.82) is 5.41 Å². The quantitative estimate of drug-likeness (QED) is 0.616. The van der Waals surface area contributed by atoms with Gasteiger partial charge in [-0.2, -0.15) is 0 Å². The van der Waals surface area contributed by atoms with Crippen LogP contribution in [-0.4, -0.2) is 12.4 Å². The van der Waals surface area contributed by atoms with Gasteiger partial charge in [0.1, 0.15) is 17.4 Å². The first-order valence-corrected chi connectivity index (χ1v) is 5.25. The average molecular weight is 242 g/mol. The lowest BCUT2D eigenvalue weighted by atomic mass is 9.88. The van der Waals surface area contributed by atoms with Crippen LogP contribution in [0.2, 0.25) is 0 Å². The smallest absolute Gasteiger partial charge is 0.129 e. The van der Waals surface area contributed by atoms with Crippen LogP contribution in [0.15, 0.2) is 18.2 Å². The van der Waals surface area contributed by atoms with E-state index in [4.69, 9.17) is 15.9 Å². The van der Waals surface area contributed by atoms with E-state index in [9.17, 15) is 8.78 Å². The molecule has 0 saturated heterocycles. The van der Waals surface area contributed by atoms with E-state index < -0.39 is 17.0 Å². The number of nitrogens with two attached hydrogens (primary N) is 1. The van der Waals surface area contributed by atoms with E-state index in [1.54, 1.807) is 0 Å². The van der Waals surface area contributed by atoms with Crippen LogP contribution in [-0.2, 0) is 0 Å². The van der Waals surface area contributed by atoms with Crippen LogP contribution in [0, 0.1) is 22.5 Å². The topological polar surface area (TPSA) is 59.1 Å². The fraction of sp³-hybridized carbons (Fsp3) is 0.417. The van der Waals surface area contributed by atoms with Crippen LogP contribution in [0.4, 0.5) is 8.78 Å². The summed E-state index contributed by atoms with van der Waals surface area (Å²) < 4.78 is 30.9. The molecule has 0 saturated carbocycles. The first-order valence-electron chi connectivity index (χ1n) is 5.25. The van der Waals surface area contributed by atoms with Gasteiger partial charge in [0.25, 0.3) is 0 Å². The molecule has 0 unspecified atom stereocenters. The Morgan fingerprint density at radius 1 is 1.29 bits per heavy atom. The van der Waals surface area contributed by atoms with Gasteiger partial charge in [0.05, 0.1) is 12.4 Å². The predicted molar refractivity (Wildman–Crippen MR) is 62.2 cm³/mol. The molecule has 17 heavy (non-hydrogen) atoms. The molecule has 3 N–H and O–H groups in total. The summed E-state index contributed by atoms with van der Waals surface area (Å²) >= 11 is 0. The lowest BCUT2D eigenvalue weighted by Crippen LogP contribution is -2.32. The third-order valence-corrected chi connectivity index (χ3v) is 2.56. The zero-order valence-corrected chi connectivity index (χ0v) is 9.89. The zero-order valence-electron chi connectivity index (χ0n) is 9.89. The average Bonchev–Trinajstić information content (AvgIpc) is 2.15. The molecule has 0 aliphatic carbocycles. The molecule has 1 aromatic carbocycles. The van der Waals surface area contributed by atoms with Crippen molar-refractivity contribution in [3.8, 4) is 5.75 Å². The predicted octanol–water partition coefficient (Wildman–Crippen LogP) is 2.70. The minimum Gasteiger partial charge on any atom is -0.493 e. The summed E-state index contributed by atoms with van der Waals surface area (Å²) in [5, 5.41) is 7.35. The number of amidine groups is 1. The molecule has 94 valence electrons. The normalized spacial score (nSPS) is 11.3. The molecule has 0 bridgehead atoms. The standard InChI is InChI=1S/C12H16F2N2O/c1-12(2,11(15)16)3-4-17-10-6-8(13)5-9(14)7-10/h5-7H,3-4H2,1-2H3,(H3,15,16). The van der Waals surface area contributed by atoms with Gasteiger partial charge in [0.2, 0.25) is 0 Å². The zero-order chi connectivity index (χ0) is 13.1. The van der Waals surface area contributed by atoms with Gasteiger partial charge in [0.15, 0.2) is 0 Å². The highest BCUT2D eigenvalue weighted by Crippen LogP contribution is 2.21. The lowest BCUT2D eigenvalue weighted by molar-refractivity contribution is 0.266. The van der Waals surface area contributed by atoms with E-state index in [1.165, 1.54) is 0 Å². The van der Waals surface area contributed by atoms with Crippen LogP contribution in [0.25, 0.3) is 0 Å². The van der Waals surface area contributed by atoms with Crippen molar-refractivity contribution in [3.05, 3.63) is 29.8 Å². The van der Waals surface area contributed by atoms with E-state index >= 15 is 0 Å². The first kappa shape index (κ1) is 13.4. The van der Waals surface area contributed by atoms with Gasteiger partial charge in [-0.25, -0.2) is 8.78 Å². The summed E-state index contributed by atoms with van der Waals surface area (Å²) in [5.41, 5.74) is 4.93. The van der Waals surface area contributed by atoms with Crippen LogP contribution >= 0.6 is 0 Å².